The molecule has 0 saturated carbocycles. The summed E-state index contributed by atoms with van der Waals surface area (Å²) in [6, 6.07) is 12.4. The average molecular weight is 313 g/mol. The van der Waals surface area contributed by atoms with Crippen LogP contribution in [0.1, 0.15) is 23.1 Å². The van der Waals surface area contributed by atoms with E-state index in [0.717, 1.165) is 35.2 Å². The van der Waals surface area contributed by atoms with Crippen LogP contribution in [-0.4, -0.2) is 15.5 Å². The predicted molar refractivity (Wildman–Crippen MR) is 88.4 cm³/mol. The van der Waals surface area contributed by atoms with Gasteiger partial charge in [-0.05, 0) is 49.6 Å². The van der Waals surface area contributed by atoms with Gasteiger partial charge >= 0.3 is 0 Å². The first-order valence-corrected chi connectivity index (χ1v) is 8.83. The van der Waals surface area contributed by atoms with Gasteiger partial charge in [-0.1, -0.05) is 29.8 Å². The third-order valence-corrected chi connectivity index (χ3v) is 5.81. The zero-order valence-electron chi connectivity index (χ0n) is 12.8. The van der Waals surface area contributed by atoms with Gasteiger partial charge in [0.05, 0.1) is 9.79 Å². The lowest BCUT2D eigenvalue weighted by Crippen LogP contribution is -2.12. The quantitative estimate of drug-likeness (QED) is 0.945. The lowest BCUT2D eigenvalue weighted by Gasteiger charge is -2.18. The Bertz CT molecular complexity index is 834. The van der Waals surface area contributed by atoms with Crippen LogP contribution in [0.5, 0.6) is 0 Å². The molecule has 114 valence electrons. The molecular formula is C18H19NO2S. The summed E-state index contributed by atoms with van der Waals surface area (Å²) in [5, 5.41) is 3.17. The molecule has 1 aliphatic carbocycles. The summed E-state index contributed by atoms with van der Waals surface area (Å²) < 4.78 is 25.5. The molecule has 1 N–H and O–H groups in total. The van der Waals surface area contributed by atoms with Crippen molar-refractivity contribution in [1.82, 2.24) is 5.32 Å². The van der Waals surface area contributed by atoms with Gasteiger partial charge < -0.3 is 5.32 Å². The summed E-state index contributed by atoms with van der Waals surface area (Å²) in [7, 11) is -1.57. The van der Waals surface area contributed by atoms with Crippen molar-refractivity contribution in [2.45, 2.75) is 29.6 Å². The van der Waals surface area contributed by atoms with E-state index in [1.54, 1.807) is 18.2 Å². The molecule has 3 nitrogen and oxygen atoms in total. The van der Waals surface area contributed by atoms with Crippen molar-refractivity contribution in [3.05, 3.63) is 65.2 Å². The summed E-state index contributed by atoms with van der Waals surface area (Å²) in [4.78, 5) is 0.714. The second-order valence-electron chi connectivity index (χ2n) is 5.54. The number of aryl methyl sites for hydroxylation is 2. The standard InChI is InChI=1S/C18H19NO2S/c1-13-6-8-15(9-7-13)22(20,21)16-10-11-17-14(12-16)4-3-5-18(17)19-2/h5-12,19H,3-4H2,1-2H3. The van der Waals surface area contributed by atoms with E-state index in [0.29, 0.717) is 9.79 Å². The second kappa shape index (κ2) is 5.61. The SMILES string of the molecule is CNC1=CCCc2cc(S(=O)(=O)c3ccc(C)cc3)ccc21. The minimum atomic E-state index is -3.45. The van der Waals surface area contributed by atoms with Crippen molar-refractivity contribution in [3.63, 3.8) is 0 Å². The van der Waals surface area contributed by atoms with E-state index in [4.69, 9.17) is 0 Å². The number of hydrogen-bond acceptors (Lipinski definition) is 3. The Balaban J connectivity index is 2.06. The fraction of sp³-hybridized carbons (Fsp3) is 0.222. The molecule has 2 aromatic rings. The highest BCUT2D eigenvalue weighted by atomic mass is 32.2. The number of hydrogen-bond donors (Lipinski definition) is 1. The Hall–Kier alpha value is -2.07. The second-order valence-corrected chi connectivity index (χ2v) is 7.49. The van der Waals surface area contributed by atoms with Gasteiger partial charge in [0.2, 0.25) is 9.84 Å². The lowest BCUT2D eigenvalue weighted by molar-refractivity contribution is 0.596. The molecule has 4 heteroatoms. The molecule has 0 aliphatic heterocycles. The van der Waals surface area contributed by atoms with Crippen molar-refractivity contribution in [3.8, 4) is 0 Å². The zero-order valence-corrected chi connectivity index (χ0v) is 13.6. The molecule has 0 unspecified atom stereocenters. The molecule has 0 fully saturated rings. The Morgan fingerprint density at radius 2 is 1.68 bits per heavy atom. The molecule has 22 heavy (non-hydrogen) atoms. The number of nitrogens with one attached hydrogen (secondary N) is 1. The summed E-state index contributed by atoms with van der Waals surface area (Å²) in [6.45, 7) is 1.95. The van der Waals surface area contributed by atoms with Crippen LogP contribution in [-0.2, 0) is 16.3 Å². The highest BCUT2D eigenvalue weighted by molar-refractivity contribution is 7.91. The van der Waals surface area contributed by atoms with Gasteiger partial charge in [0, 0.05) is 18.3 Å². The Morgan fingerprint density at radius 1 is 1.00 bits per heavy atom. The third-order valence-electron chi connectivity index (χ3n) is 4.04. The predicted octanol–water partition coefficient (Wildman–Crippen LogP) is 3.33. The van der Waals surface area contributed by atoms with Crippen molar-refractivity contribution < 1.29 is 8.42 Å². The maximum atomic E-state index is 12.8. The van der Waals surface area contributed by atoms with Crippen LogP contribution in [0, 0.1) is 6.92 Å². The van der Waals surface area contributed by atoms with Crippen LogP contribution in [0.2, 0.25) is 0 Å². The van der Waals surface area contributed by atoms with Crippen molar-refractivity contribution >= 4 is 15.5 Å². The molecule has 1 aliphatic rings. The molecule has 0 amide bonds. The van der Waals surface area contributed by atoms with Gasteiger partial charge in [0.15, 0.2) is 0 Å². The van der Waals surface area contributed by atoms with Gasteiger partial charge in [-0.15, -0.1) is 0 Å². The summed E-state index contributed by atoms with van der Waals surface area (Å²) in [5.41, 5.74) is 4.30. The van der Waals surface area contributed by atoms with Crippen molar-refractivity contribution in [1.29, 1.82) is 0 Å². The van der Waals surface area contributed by atoms with Crippen LogP contribution in [0.15, 0.2) is 58.3 Å². The van der Waals surface area contributed by atoms with E-state index in [1.807, 2.05) is 38.2 Å². The van der Waals surface area contributed by atoms with E-state index in [-0.39, 0.29) is 0 Å². The molecule has 0 heterocycles. The van der Waals surface area contributed by atoms with Crippen LogP contribution < -0.4 is 5.32 Å². The van der Waals surface area contributed by atoms with Gasteiger partial charge in [-0.2, -0.15) is 0 Å². The molecule has 0 aromatic heterocycles. The van der Waals surface area contributed by atoms with E-state index < -0.39 is 9.84 Å². The smallest absolute Gasteiger partial charge is 0.206 e. The first kappa shape index (κ1) is 14.9. The van der Waals surface area contributed by atoms with Crippen LogP contribution in [0.25, 0.3) is 5.70 Å². The van der Waals surface area contributed by atoms with Gasteiger partial charge in [0.1, 0.15) is 0 Å². The molecule has 0 atom stereocenters. The first-order chi connectivity index (χ1) is 10.5. The Labute approximate surface area is 131 Å². The number of benzene rings is 2. The van der Waals surface area contributed by atoms with E-state index in [2.05, 4.69) is 11.4 Å². The molecule has 0 radical (unpaired) electrons. The van der Waals surface area contributed by atoms with Gasteiger partial charge in [-0.25, -0.2) is 8.42 Å². The minimum Gasteiger partial charge on any atom is -0.388 e. The minimum absolute atomic E-state index is 0.346. The fourth-order valence-corrected chi connectivity index (χ4v) is 4.09. The van der Waals surface area contributed by atoms with Crippen LogP contribution in [0.4, 0.5) is 0 Å². The van der Waals surface area contributed by atoms with Crippen LogP contribution >= 0.6 is 0 Å². The molecule has 0 saturated heterocycles. The summed E-state index contributed by atoms with van der Waals surface area (Å²) in [6.07, 6.45) is 3.95. The average Bonchev–Trinajstić information content (AvgIpc) is 2.54. The number of sulfone groups is 1. The lowest BCUT2D eigenvalue weighted by atomic mass is 9.95. The topological polar surface area (TPSA) is 46.2 Å². The fourth-order valence-electron chi connectivity index (χ4n) is 2.78. The van der Waals surface area contributed by atoms with Crippen LogP contribution in [0.3, 0.4) is 0 Å². The monoisotopic (exact) mass is 313 g/mol. The maximum Gasteiger partial charge on any atom is 0.206 e. The van der Waals surface area contributed by atoms with Gasteiger partial charge in [0.25, 0.3) is 0 Å². The largest absolute Gasteiger partial charge is 0.388 e. The molecule has 0 bridgehead atoms. The Morgan fingerprint density at radius 3 is 2.36 bits per heavy atom. The van der Waals surface area contributed by atoms with E-state index >= 15 is 0 Å². The van der Waals surface area contributed by atoms with E-state index in [9.17, 15) is 8.42 Å². The molecular weight excluding hydrogens is 294 g/mol. The maximum absolute atomic E-state index is 12.8. The number of allylic oxidation sites excluding steroid dienone is 1. The number of fused-ring (bicyclic) bond motifs is 1. The van der Waals surface area contributed by atoms with Crippen molar-refractivity contribution in [2.75, 3.05) is 7.05 Å². The van der Waals surface area contributed by atoms with Gasteiger partial charge in [-0.3, -0.25) is 0 Å². The highest BCUT2D eigenvalue weighted by Crippen LogP contribution is 2.29. The molecule has 3 rings (SSSR count). The summed E-state index contributed by atoms with van der Waals surface area (Å²) >= 11 is 0. The normalized spacial score (nSPS) is 14.2. The third kappa shape index (κ3) is 2.55. The van der Waals surface area contributed by atoms with E-state index in [1.165, 1.54) is 0 Å². The first-order valence-electron chi connectivity index (χ1n) is 7.35. The molecule has 2 aromatic carbocycles. The molecule has 0 spiro atoms. The summed E-state index contributed by atoms with van der Waals surface area (Å²) in [5.74, 6) is 0. The highest BCUT2D eigenvalue weighted by Gasteiger charge is 2.20. The number of rotatable bonds is 3. The zero-order chi connectivity index (χ0) is 15.7. The Kier molecular flexibility index (Phi) is 3.79. The van der Waals surface area contributed by atoms with Crippen molar-refractivity contribution in [2.24, 2.45) is 0 Å².